The van der Waals surface area contributed by atoms with Gasteiger partial charge in [0.1, 0.15) is 0 Å². The summed E-state index contributed by atoms with van der Waals surface area (Å²) in [6.45, 7) is 7.52. The second kappa shape index (κ2) is 6.80. The summed E-state index contributed by atoms with van der Waals surface area (Å²) in [7, 11) is 0. The third-order valence-electron chi connectivity index (χ3n) is 2.60. The maximum Gasteiger partial charge on any atom is 0.309 e. The molecular weight excluding hydrogens is 194 g/mol. The smallest absolute Gasteiger partial charge is 0.309 e. The van der Waals surface area contributed by atoms with Crippen LogP contribution in [0.1, 0.15) is 20.3 Å². The van der Waals surface area contributed by atoms with Gasteiger partial charge in [-0.25, -0.2) is 0 Å². The molecule has 0 spiro atoms. The summed E-state index contributed by atoms with van der Waals surface area (Å²) in [6.07, 6.45) is 1.13. The van der Waals surface area contributed by atoms with Crippen LogP contribution in [0.25, 0.3) is 0 Å². The fraction of sp³-hybridized carbons (Fsp3) is 0.909. The van der Waals surface area contributed by atoms with E-state index in [1.807, 2.05) is 13.8 Å². The SMILES string of the molecule is CCOC(=O)C(C)CNCC1CCOC1. The van der Waals surface area contributed by atoms with Crippen LogP contribution in [0, 0.1) is 11.8 Å². The van der Waals surface area contributed by atoms with Gasteiger partial charge in [-0.1, -0.05) is 6.92 Å². The van der Waals surface area contributed by atoms with Crippen LogP contribution in [0.4, 0.5) is 0 Å². The van der Waals surface area contributed by atoms with Gasteiger partial charge in [-0.2, -0.15) is 0 Å². The van der Waals surface area contributed by atoms with Crippen LogP contribution in [0.5, 0.6) is 0 Å². The van der Waals surface area contributed by atoms with Crippen molar-refractivity contribution >= 4 is 5.97 Å². The molecule has 1 saturated heterocycles. The van der Waals surface area contributed by atoms with Crippen molar-refractivity contribution in [2.24, 2.45) is 11.8 Å². The highest BCUT2D eigenvalue weighted by atomic mass is 16.5. The first-order valence-corrected chi connectivity index (χ1v) is 5.69. The van der Waals surface area contributed by atoms with Crippen molar-refractivity contribution < 1.29 is 14.3 Å². The zero-order valence-electron chi connectivity index (χ0n) is 9.62. The fourth-order valence-electron chi connectivity index (χ4n) is 1.62. The van der Waals surface area contributed by atoms with Crippen molar-refractivity contribution in [2.75, 3.05) is 32.9 Å². The minimum atomic E-state index is -0.118. The van der Waals surface area contributed by atoms with Crippen LogP contribution in [-0.2, 0) is 14.3 Å². The Labute approximate surface area is 91.3 Å². The van der Waals surface area contributed by atoms with Gasteiger partial charge in [-0.3, -0.25) is 4.79 Å². The van der Waals surface area contributed by atoms with Gasteiger partial charge in [0, 0.05) is 19.7 Å². The lowest BCUT2D eigenvalue weighted by Crippen LogP contribution is -2.31. The Morgan fingerprint density at radius 2 is 2.47 bits per heavy atom. The lowest BCUT2D eigenvalue weighted by molar-refractivity contribution is -0.147. The van der Waals surface area contributed by atoms with E-state index in [1.165, 1.54) is 0 Å². The van der Waals surface area contributed by atoms with Crippen LogP contribution in [-0.4, -0.2) is 38.9 Å². The first kappa shape index (κ1) is 12.5. The lowest BCUT2D eigenvalue weighted by atomic mass is 10.1. The van der Waals surface area contributed by atoms with Gasteiger partial charge >= 0.3 is 5.97 Å². The Kier molecular flexibility index (Phi) is 5.65. The molecule has 2 unspecified atom stereocenters. The highest BCUT2D eigenvalue weighted by Crippen LogP contribution is 2.10. The van der Waals surface area contributed by atoms with Crippen LogP contribution in [0.2, 0.25) is 0 Å². The maximum atomic E-state index is 11.3. The molecule has 0 aromatic carbocycles. The highest BCUT2D eigenvalue weighted by Gasteiger charge is 2.17. The maximum absolute atomic E-state index is 11.3. The fourth-order valence-corrected chi connectivity index (χ4v) is 1.62. The molecule has 1 aliphatic heterocycles. The van der Waals surface area contributed by atoms with E-state index in [4.69, 9.17) is 9.47 Å². The zero-order chi connectivity index (χ0) is 11.1. The average Bonchev–Trinajstić information content (AvgIpc) is 2.71. The summed E-state index contributed by atoms with van der Waals surface area (Å²) in [4.78, 5) is 11.3. The van der Waals surface area contributed by atoms with Gasteiger partial charge < -0.3 is 14.8 Å². The van der Waals surface area contributed by atoms with E-state index in [1.54, 1.807) is 0 Å². The minimum Gasteiger partial charge on any atom is -0.466 e. The molecule has 1 N–H and O–H groups in total. The van der Waals surface area contributed by atoms with Crippen molar-refractivity contribution in [2.45, 2.75) is 20.3 Å². The van der Waals surface area contributed by atoms with E-state index in [2.05, 4.69) is 5.32 Å². The first-order chi connectivity index (χ1) is 7.24. The van der Waals surface area contributed by atoms with E-state index in [-0.39, 0.29) is 11.9 Å². The Hall–Kier alpha value is -0.610. The summed E-state index contributed by atoms with van der Waals surface area (Å²) in [6, 6.07) is 0. The van der Waals surface area contributed by atoms with Gasteiger partial charge in [0.2, 0.25) is 0 Å². The Morgan fingerprint density at radius 3 is 3.07 bits per heavy atom. The van der Waals surface area contributed by atoms with Crippen molar-refractivity contribution in [1.29, 1.82) is 0 Å². The third-order valence-corrected chi connectivity index (χ3v) is 2.60. The largest absolute Gasteiger partial charge is 0.466 e. The third kappa shape index (κ3) is 4.62. The van der Waals surface area contributed by atoms with Crippen molar-refractivity contribution in [3.05, 3.63) is 0 Å². The van der Waals surface area contributed by atoms with E-state index in [0.717, 1.165) is 26.2 Å². The van der Waals surface area contributed by atoms with Crippen LogP contribution >= 0.6 is 0 Å². The molecule has 0 aliphatic carbocycles. The molecule has 4 heteroatoms. The number of nitrogens with one attached hydrogen (secondary N) is 1. The van der Waals surface area contributed by atoms with E-state index >= 15 is 0 Å². The van der Waals surface area contributed by atoms with Crippen LogP contribution in [0.15, 0.2) is 0 Å². The molecule has 1 rings (SSSR count). The monoisotopic (exact) mass is 215 g/mol. The normalized spacial score (nSPS) is 22.7. The van der Waals surface area contributed by atoms with Crippen molar-refractivity contribution in [3.63, 3.8) is 0 Å². The highest BCUT2D eigenvalue weighted by molar-refractivity contribution is 5.72. The molecule has 0 aromatic rings. The number of hydrogen-bond acceptors (Lipinski definition) is 4. The number of hydrogen-bond donors (Lipinski definition) is 1. The first-order valence-electron chi connectivity index (χ1n) is 5.69. The summed E-state index contributed by atoms with van der Waals surface area (Å²) in [5.74, 6) is 0.430. The van der Waals surface area contributed by atoms with E-state index < -0.39 is 0 Å². The van der Waals surface area contributed by atoms with Crippen molar-refractivity contribution in [3.8, 4) is 0 Å². The quantitative estimate of drug-likeness (QED) is 0.666. The molecule has 0 saturated carbocycles. The Balaban J connectivity index is 2.05. The minimum absolute atomic E-state index is 0.0627. The Bertz CT molecular complexity index is 190. The van der Waals surface area contributed by atoms with Gasteiger partial charge in [0.25, 0.3) is 0 Å². The molecule has 88 valence electrons. The standard InChI is InChI=1S/C11H21NO3/c1-3-15-11(13)9(2)6-12-7-10-4-5-14-8-10/h9-10,12H,3-8H2,1-2H3. The second-order valence-electron chi connectivity index (χ2n) is 4.04. The predicted octanol–water partition coefficient (Wildman–Crippen LogP) is 0.812. The molecule has 1 aliphatic rings. The molecule has 4 nitrogen and oxygen atoms in total. The van der Waals surface area contributed by atoms with Crippen molar-refractivity contribution in [1.82, 2.24) is 5.32 Å². The van der Waals surface area contributed by atoms with Gasteiger partial charge in [-0.05, 0) is 19.3 Å². The zero-order valence-corrected chi connectivity index (χ0v) is 9.62. The van der Waals surface area contributed by atoms with Gasteiger partial charge in [-0.15, -0.1) is 0 Å². The Morgan fingerprint density at radius 1 is 1.67 bits per heavy atom. The molecular formula is C11H21NO3. The van der Waals surface area contributed by atoms with E-state index in [0.29, 0.717) is 19.1 Å². The topological polar surface area (TPSA) is 47.6 Å². The number of esters is 1. The number of carbonyl (C=O) groups is 1. The summed E-state index contributed by atoms with van der Waals surface area (Å²) < 4.78 is 10.2. The summed E-state index contributed by atoms with van der Waals surface area (Å²) in [5.41, 5.74) is 0. The number of carbonyl (C=O) groups excluding carboxylic acids is 1. The average molecular weight is 215 g/mol. The molecule has 1 fully saturated rings. The van der Waals surface area contributed by atoms with Gasteiger partial charge in [0.15, 0.2) is 0 Å². The molecule has 0 aromatic heterocycles. The molecule has 0 radical (unpaired) electrons. The molecule has 0 bridgehead atoms. The summed E-state index contributed by atoms with van der Waals surface area (Å²) >= 11 is 0. The number of rotatable bonds is 6. The second-order valence-corrected chi connectivity index (χ2v) is 4.04. The summed E-state index contributed by atoms with van der Waals surface area (Å²) in [5, 5.41) is 3.29. The van der Waals surface area contributed by atoms with Crippen LogP contribution < -0.4 is 5.32 Å². The van der Waals surface area contributed by atoms with E-state index in [9.17, 15) is 4.79 Å². The van der Waals surface area contributed by atoms with Gasteiger partial charge in [0.05, 0.1) is 19.1 Å². The number of ether oxygens (including phenoxy) is 2. The lowest BCUT2D eigenvalue weighted by Gasteiger charge is -2.13. The molecule has 0 amide bonds. The molecule has 2 atom stereocenters. The molecule has 15 heavy (non-hydrogen) atoms. The van der Waals surface area contributed by atoms with Crippen LogP contribution in [0.3, 0.4) is 0 Å². The predicted molar refractivity (Wildman–Crippen MR) is 57.6 cm³/mol. The molecule has 1 heterocycles.